The molecule has 1 heterocycles. The Bertz CT molecular complexity index is 504. The molecule has 3 aliphatic rings. The van der Waals surface area contributed by atoms with E-state index in [4.69, 9.17) is 13.9 Å². The van der Waals surface area contributed by atoms with Crippen LogP contribution >= 0.6 is 0 Å². The number of fused-ring (bicyclic) bond motifs is 1. The maximum absolute atomic E-state index is 6.45. The van der Waals surface area contributed by atoms with Gasteiger partial charge >= 0.3 is 0 Å². The van der Waals surface area contributed by atoms with Crippen LogP contribution in [-0.4, -0.2) is 33.9 Å². The summed E-state index contributed by atoms with van der Waals surface area (Å²) in [7, 11) is -1.67. The van der Waals surface area contributed by atoms with Gasteiger partial charge in [0.05, 0.1) is 6.10 Å². The maximum Gasteiger partial charge on any atom is 0.191 e. The van der Waals surface area contributed by atoms with Crippen molar-refractivity contribution in [1.82, 2.24) is 0 Å². The third kappa shape index (κ3) is 3.78. The summed E-state index contributed by atoms with van der Waals surface area (Å²) in [5.74, 6) is 1.40. The summed E-state index contributed by atoms with van der Waals surface area (Å²) >= 11 is 0. The van der Waals surface area contributed by atoms with E-state index >= 15 is 0 Å². The second-order valence-electron chi connectivity index (χ2n) is 10.2. The molecule has 3 rings (SSSR count). The molecule has 144 valence electrons. The van der Waals surface area contributed by atoms with Gasteiger partial charge in [0.15, 0.2) is 14.6 Å². The maximum atomic E-state index is 6.45. The first-order chi connectivity index (χ1) is 11.6. The fraction of sp³-hybridized carbons (Fsp3) is 0.905. The summed E-state index contributed by atoms with van der Waals surface area (Å²) in [6.07, 6.45) is 5.97. The quantitative estimate of drug-likeness (QED) is 0.457. The van der Waals surface area contributed by atoms with Crippen LogP contribution in [0.3, 0.4) is 0 Å². The predicted octanol–water partition coefficient (Wildman–Crippen LogP) is 5.52. The van der Waals surface area contributed by atoms with Crippen molar-refractivity contribution >= 4 is 8.32 Å². The van der Waals surface area contributed by atoms with Crippen LogP contribution in [0.25, 0.3) is 0 Å². The van der Waals surface area contributed by atoms with Crippen LogP contribution in [0, 0.1) is 17.3 Å². The Morgan fingerprint density at radius 1 is 1.28 bits per heavy atom. The number of hydrogen-bond donors (Lipinski definition) is 0. The van der Waals surface area contributed by atoms with Gasteiger partial charge in [0.1, 0.15) is 0 Å². The van der Waals surface area contributed by atoms with Gasteiger partial charge in [0, 0.05) is 13.2 Å². The van der Waals surface area contributed by atoms with E-state index < -0.39 is 8.32 Å². The van der Waals surface area contributed by atoms with Gasteiger partial charge in [0.2, 0.25) is 0 Å². The van der Waals surface area contributed by atoms with Crippen molar-refractivity contribution in [3.8, 4) is 0 Å². The van der Waals surface area contributed by atoms with E-state index in [1.807, 2.05) is 0 Å². The third-order valence-electron chi connectivity index (χ3n) is 7.45. The van der Waals surface area contributed by atoms with E-state index in [2.05, 4.69) is 47.4 Å². The van der Waals surface area contributed by atoms with E-state index in [0.717, 1.165) is 32.0 Å². The lowest BCUT2D eigenvalue weighted by atomic mass is 9.78. The molecule has 2 aliphatic carbocycles. The average Bonchev–Trinajstić information content (AvgIpc) is 3.29. The molecule has 5 atom stereocenters. The van der Waals surface area contributed by atoms with Gasteiger partial charge in [-0.2, -0.15) is 0 Å². The summed E-state index contributed by atoms with van der Waals surface area (Å²) < 4.78 is 18.6. The van der Waals surface area contributed by atoms with E-state index in [-0.39, 0.29) is 22.8 Å². The largest absolute Gasteiger partial charge is 0.417 e. The summed E-state index contributed by atoms with van der Waals surface area (Å²) in [5, 5.41) is 0.271. The molecule has 4 heteroatoms. The van der Waals surface area contributed by atoms with E-state index in [9.17, 15) is 0 Å². The summed E-state index contributed by atoms with van der Waals surface area (Å²) in [6.45, 7) is 20.1. The van der Waals surface area contributed by atoms with Crippen molar-refractivity contribution in [2.75, 3.05) is 13.2 Å². The lowest BCUT2D eigenvalue weighted by Gasteiger charge is -2.38. The number of ether oxygens (including phenoxy) is 2. The Labute approximate surface area is 155 Å². The first kappa shape index (κ1) is 19.6. The molecule has 3 nitrogen and oxygen atoms in total. The molecule has 2 unspecified atom stereocenters. The first-order valence-electron chi connectivity index (χ1n) is 10.2. The zero-order chi connectivity index (χ0) is 18.5. The highest BCUT2D eigenvalue weighted by molar-refractivity contribution is 6.74. The molecule has 25 heavy (non-hydrogen) atoms. The molecular weight excluding hydrogens is 328 g/mol. The van der Waals surface area contributed by atoms with Crippen LogP contribution in [0.5, 0.6) is 0 Å². The fourth-order valence-corrected chi connectivity index (χ4v) is 5.39. The smallest absolute Gasteiger partial charge is 0.191 e. The third-order valence-corrected chi connectivity index (χ3v) is 12.0. The second kappa shape index (κ2) is 6.77. The van der Waals surface area contributed by atoms with E-state index in [1.54, 1.807) is 0 Å². The molecule has 3 fully saturated rings. The Morgan fingerprint density at radius 3 is 2.60 bits per heavy atom. The zero-order valence-corrected chi connectivity index (χ0v) is 18.2. The first-order valence-corrected chi connectivity index (χ1v) is 13.1. The van der Waals surface area contributed by atoms with Gasteiger partial charge in [-0.1, -0.05) is 34.3 Å². The van der Waals surface area contributed by atoms with Crippen LogP contribution in [0.4, 0.5) is 0 Å². The average molecular weight is 367 g/mol. The molecule has 2 saturated carbocycles. The van der Waals surface area contributed by atoms with Gasteiger partial charge in [0.25, 0.3) is 0 Å². The van der Waals surface area contributed by atoms with E-state index in [0.29, 0.717) is 5.92 Å². The highest BCUT2D eigenvalue weighted by Gasteiger charge is 2.63. The monoisotopic (exact) mass is 366 g/mol. The minimum absolute atomic E-state index is 0.0115. The lowest BCUT2D eigenvalue weighted by Crippen LogP contribution is -2.41. The SMILES string of the molecule is C=C1C(OC2CCCCO2)[C@H]2C[C@H]2[C@@]1(C)CCO[Si](C)(C)C(C)(C)C. The Hall–Kier alpha value is -0.163. The van der Waals surface area contributed by atoms with Crippen LogP contribution in [0.1, 0.15) is 59.8 Å². The van der Waals surface area contributed by atoms with Crippen LogP contribution in [0.2, 0.25) is 18.1 Å². The van der Waals surface area contributed by atoms with Gasteiger partial charge in [-0.25, -0.2) is 0 Å². The molecule has 0 N–H and O–H groups in total. The molecule has 0 amide bonds. The Kier molecular flexibility index (Phi) is 5.31. The van der Waals surface area contributed by atoms with Crippen molar-refractivity contribution < 1.29 is 13.9 Å². The number of hydrogen-bond acceptors (Lipinski definition) is 3. The highest BCUT2D eigenvalue weighted by atomic mass is 28.4. The minimum atomic E-state index is -1.67. The molecule has 0 aromatic heterocycles. The van der Waals surface area contributed by atoms with Crippen molar-refractivity contribution in [3.05, 3.63) is 12.2 Å². The second-order valence-corrected chi connectivity index (χ2v) is 15.0. The molecule has 0 radical (unpaired) electrons. The molecular formula is C21H38O3Si. The normalized spacial score (nSPS) is 38.7. The molecule has 0 aromatic carbocycles. The molecule has 1 aliphatic heterocycles. The summed E-state index contributed by atoms with van der Waals surface area (Å²) in [4.78, 5) is 0. The predicted molar refractivity (Wildman–Crippen MR) is 105 cm³/mol. The van der Waals surface area contributed by atoms with Gasteiger partial charge in [-0.05, 0) is 73.1 Å². The van der Waals surface area contributed by atoms with Crippen molar-refractivity contribution in [2.24, 2.45) is 17.3 Å². The standard InChI is InChI=1S/C21H38O3Si/c1-15-19(24-18-10-8-9-12-22-18)16-14-17(16)21(15,5)11-13-23-25(6,7)20(2,3)4/h16-19H,1,8-14H2,2-7H3/t16-,17+,18?,19?,21-/m0/s1. The van der Waals surface area contributed by atoms with Crippen molar-refractivity contribution in [3.63, 3.8) is 0 Å². The highest BCUT2D eigenvalue weighted by Crippen LogP contribution is 2.66. The minimum Gasteiger partial charge on any atom is -0.417 e. The summed E-state index contributed by atoms with van der Waals surface area (Å²) in [6, 6.07) is 0. The summed E-state index contributed by atoms with van der Waals surface area (Å²) in [5.41, 5.74) is 1.47. The molecule has 0 bridgehead atoms. The molecule has 0 aromatic rings. The van der Waals surface area contributed by atoms with Gasteiger partial charge < -0.3 is 13.9 Å². The van der Waals surface area contributed by atoms with Crippen LogP contribution < -0.4 is 0 Å². The fourth-order valence-electron chi connectivity index (χ4n) is 4.35. The molecule has 1 saturated heterocycles. The van der Waals surface area contributed by atoms with Crippen LogP contribution in [0.15, 0.2) is 12.2 Å². The zero-order valence-electron chi connectivity index (χ0n) is 17.2. The van der Waals surface area contributed by atoms with Crippen molar-refractivity contribution in [2.45, 2.75) is 90.3 Å². The van der Waals surface area contributed by atoms with Crippen molar-refractivity contribution in [1.29, 1.82) is 0 Å². The van der Waals surface area contributed by atoms with E-state index in [1.165, 1.54) is 24.8 Å². The number of rotatable bonds is 6. The molecule has 0 spiro atoms. The van der Waals surface area contributed by atoms with Gasteiger partial charge in [-0.3, -0.25) is 0 Å². The Balaban J connectivity index is 1.56. The lowest BCUT2D eigenvalue weighted by molar-refractivity contribution is -0.183. The Morgan fingerprint density at radius 2 is 2.00 bits per heavy atom. The topological polar surface area (TPSA) is 27.7 Å². The van der Waals surface area contributed by atoms with Gasteiger partial charge in [-0.15, -0.1) is 0 Å². The van der Waals surface area contributed by atoms with Crippen LogP contribution in [-0.2, 0) is 13.9 Å².